The van der Waals surface area contributed by atoms with E-state index in [1.54, 1.807) is 0 Å². The summed E-state index contributed by atoms with van der Waals surface area (Å²) in [6, 6.07) is 0. The van der Waals surface area contributed by atoms with Gasteiger partial charge in [-0.15, -0.1) is 0 Å². The van der Waals surface area contributed by atoms with E-state index in [4.69, 9.17) is 4.55 Å². The molecule has 4 saturated carbocycles. The Labute approximate surface area is 120 Å². The molecule has 0 amide bonds. The lowest BCUT2D eigenvalue weighted by atomic mass is 9.48. The Morgan fingerprint density at radius 3 is 2.57 bits per heavy atom. The van der Waals surface area contributed by atoms with Gasteiger partial charge in [-0.05, 0) is 60.7 Å². The number of alkyl halides is 2. The highest BCUT2D eigenvalue weighted by atomic mass is 32.2. The summed E-state index contributed by atoms with van der Waals surface area (Å²) in [7, 11) is -5.78. The number of hydrogen-bond acceptors (Lipinski definition) is 4. The summed E-state index contributed by atoms with van der Waals surface area (Å²) in [5.41, 5.74) is 0.502. The van der Waals surface area contributed by atoms with Crippen LogP contribution in [0.4, 0.5) is 8.78 Å². The molecule has 8 heteroatoms. The second-order valence-corrected chi connectivity index (χ2v) is 8.64. The van der Waals surface area contributed by atoms with Gasteiger partial charge in [0.25, 0.3) is 0 Å². The van der Waals surface area contributed by atoms with Gasteiger partial charge >= 0.3 is 21.3 Å². The van der Waals surface area contributed by atoms with Crippen LogP contribution in [0, 0.1) is 28.6 Å². The molecule has 0 bridgehead atoms. The highest BCUT2D eigenvalue weighted by Crippen LogP contribution is 2.92. The molecule has 0 heterocycles. The van der Waals surface area contributed by atoms with Crippen LogP contribution >= 0.6 is 0 Å². The molecule has 0 aromatic heterocycles. The maximum absolute atomic E-state index is 13.0. The summed E-state index contributed by atoms with van der Waals surface area (Å²) in [5.74, 6) is 0.217. The zero-order valence-corrected chi connectivity index (χ0v) is 12.0. The Morgan fingerprint density at radius 1 is 1.33 bits per heavy atom. The summed E-state index contributed by atoms with van der Waals surface area (Å²) >= 11 is 0. The maximum atomic E-state index is 13.0. The molecular formula is C13H16F2O5S. The third-order valence-corrected chi connectivity index (χ3v) is 7.31. The molecule has 4 fully saturated rings. The molecule has 5 unspecified atom stereocenters. The molecule has 5 atom stereocenters. The minimum Gasteiger partial charge on any atom is -0.460 e. The lowest BCUT2D eigenvalue weighted by Crippen LogP contribution is -2.50. The van der Waals surface area contributed by atoms with Crippen LogP contribution in [0.1, 0.15) is 32.1 Å². The monoisotopic (exact) mass is 322 g/mol. The number of carbonyl (C=O) groups is 1. The lowest BCUT2D eigenvalue weighted by Gasteiger charge is -2.56. The topological polar surface area (TPSA) is 80.7 Å². The summed E-state index contributed by atoms with van der Waals surface area (Å²) < 4.78 is 59.7. The largest absolute Gasteiger partial charge is 0.465 e. The number of hydrogen-bond donors (Lipinski definition) is 1. The van der Waals surface area contributed by atoms with Gasteiger partial charge in [-0.3, -0.25) is 4.55 Å². The first-order valence-electron chi connectivity index (χ1n) is 7.15. The Balaban J connectivity index is 1.34. The number of ether oxygens (including phenoxy) is 1. The molecule has 4 rings (SSSR count). The van der Waals surface area contributed by atoms with Gasteiger partial charge in [0.1, 0.15) is 0 Å². The molecule has 21 heavy (non-hydrogen) atoms. The van der Waals surface area contributed by atoms with Gasteiger partial charge in [-0.25, -0.2) is 4.79 Å². The fourth-order valence-corrected chi connectivity index (χ4v) is 5.97. The van der Waals surface area contributed by atoms with Gasteiger partial charge in [-0.1, -0.05) is 0 Å². The van der Waals surface area contributed by atoms with Crippen molar-refractivity contribution < 1.29 is 31.3 Å². The van der Waals surface area contributed by atoms with Gasteiger partial charge in [0.15, 0.2) is 0 Å². The molecule has 4 aliphatic carbocycles. The number of rotatable bonds is 5. The van der Waals surface area contributed by atoms with E-state index in [2.05, 4.69) is 4.74 Å². The van der Waals surface area contributed by atoms with Gasteiger partial charge in [-0.2, -0.15) is 17.2 Å². The van der Waals surface area contributed by atoms with Gasteiger partial charge in [0.05, 0.1) is 6.61 Å². The van der Waals surface area contributed by atoms with E-state index < -0.39 is 21.3 Å². The first-order chi connectivity index (χ1) is 9.63. The van der Waals surface area contributed by atoms with Crippen LogP contribution in [-0.2, 0) is 19.6 Å². The fourth-order valence-electron chi connectivity index (χ4n) is 5.70. The first-order valence-corrected chi connectivity index (χ1v) is 8.59. The second-order valence-electron chi connectivity index (χ2n) is 7.18. The Morgan fingerprint density at radius 2 is 2.00 bits per heavy atom. The highest BCUT2D eigenvalue weighted by Gasteiger charge is 2.85. The maximum Gasteiger partial charge on any atom is 0.465 e. The SMILES string of the molecule is O=C(OCCC12CC3CC4CC1(C2)C34)C(F)(F)S(=O)(=O)O. The molecular weight excluding hydrogens is 306 g/mol. The Hall–Kier alpha value is -0.760. The minimum atomic E-state index is -5.78. The highest BCUT2D eigenvalue weighted by molar-refractivity contribution is 7.87. The Kier molecular flexibility index (Phi) is 2.37. The summed E-state index contributed by atoms with van der Waals surface area (Å²) in [6.07, 6.45) is 5.17. The first kappa shape index (κ1) is 13.9. The predicted octanol–water partition coefficient (Wildman–Crippen LogP) is 1.84. The van der Waals surface area contributed by atoms with Crippen LogP contribution in [0.25, 0.3) is 0 Å². The molecule has 0 aromatic carbocycles. The van der Waals surface area contributed by atoms with E-state index in [9.17, 15) is 22.0 Å². The van der Waals surface area contributed by atoms with Gasteiger partial charge < -0.3 is 4.74 Å². The lowest BCUT2D eigenvalue weighted by molar-refractivity contribution is -0.162. The molecule has 0 radical (unpaired) electrons. The normalized spacial score (nSPS) is 46.0. The van der Waals surface area contributed by atoms with Crippen LogP contribution in [0.2, 0.25) is 0 Å². The van der Waals surface area contributed by atoms with E-state index in [0.717, 1.165) is 30.6 Å². The van der Waals surface area contributed by atoms with Crippen molar-refractivity contribution in [1.82, 2.24) is 0 Å². The van der Waals surface area contributed by atoms with Crippen LogP contribution in [0.3, 0.4) is 0 Å². The van der Waals surface area contributed by atoms with Crippen molar-refractivity contribution in [3.8, 4) is 0 Å². The Bertz CT molecular complexity index is 632. The average Bonchev–Trinajstić information content (AvgIpc) is 2.92. The molecule has 0 aliphatic heterocycles. The second kappa shape index (κ2) is 3.59. The van der Waals surface area contributed by atoms with Crippen molar-refractivity contribution in [1.29, 1.82) is 0 Å². The van der Waals surface area contributed by atoms with Crippen molar-refractivity contribution in [2.45, 2.75) is 37.4 Å². The van der Waals surface area contributed by atoms with Crippen molar-refractivity contribution in [2.75, 3.05) is 6.61 Å². The molecule has 0 saturated heterocycles. The zero-order valence-electron chi connectivity index (χ0n) is 11.2. The van der Waals surface area contributed by atoms with Crippen LogP contribution in [0.5, 0.6) is 0 Å². The molecule has 5 nitrogen and oxygen atoms in total. The fraction of sp³-hybridized carbons (Fsp3) is 0.923. The molecule has 1 spiro atoms. The minimum absolute atomic E-state index is 0.128. The zero-order chi connectivity index (χ0) is 15.3. The predicted molar refractivity (Wildman–Crippen MR) is 65.9 cm³/mol. The quantitative estimate of drug-likeness (QED) is 0.617. The van der Waals surface area contributed by atoms with Gasteiger partial charge in [0.2, 0.25) is 0 Å². The third-order valence-electron chi connectivity index (χ3n) is 6.50. The third kappa shape index (κ3) is 1.48. The van der Waals surface area contributed by atoms with Crippen LogP contribution in [-0.4, -0.2) is 30.8 Å². The molecule has 4 aliphatic rings. The van der Waals surface area contributed by atoms with E-state index in [1.165, 1.54) is 12.8 Å². The summed E-state index contributed by atoms with van der Waals surface area (Å²) in [5, 5.41) is -4.89. The van der Waals surface area contributed by atoms with Crippen molar-refractivity contribution >= 4 is 16.1 Å². The summed E-state index contributed by atoms with van der Waals surface area (Å²) in [6.45, 7) is -0.212. The summed E-state index contributed by atoms with van der Waals surface area (Å²) in [4.78, 5) is 11.1. The van der Waals surface area contributed by atoms with E-state index in [-0.39, 0.29) is 12.0 Å². The number of esters is 1. The average molecular weight is 322 g/mol. The molecule has 118 valence electrons. The number of carbonyl (C=O) groups excluding carboxylic acids is 1. The molecule has 1 N–H and O–H groups in total. The van der Waals surface area contributed by atoms with Gasteiger partial charge in [0, 0.05) is 0 Å². The van der Waals surface area contributed by atoms with Crippen LogP contribution < -0.4 is 0 Å². The van der Waals surface area contributed by atoms with Crippen molar-refractivity contribution in [3.63, 3.8) is 0 Å². The number of halogens is 2. The molecule has 0 aromatic rings. The van der Waals surface area contributed by atoms with E-state index in [1.807, 2.05) is 0 Å². The standard InChI is InChI=1S/C13H16F2O5S/c14-13(15,21(17,18)19)10(16)20-2-1-11-4-7-3-8-5-12(11,6-11)9(7)8/h7-9H,1-6H2,(H,17,18,19). The van der Waals surface area contributed by atoms with Crippen molar-refractivity contribution in [2.24, 2.45) is 28.6 Å². The van der Waals surface area contributed by atoms with Crippen molar-refractivity contribution in [3.05, 3.63) is 0 Å². The van der Waals surface area contributed by atoms with E-state index >= 15 is 0 Å². The van der Waals surface area contributed by atoms with E-state index in [0.29, 0.717) is 11.8 Å². The van der Waals surface area contributed by atoms with Crippen LogP contribution in [0.15, 0.2) is 0 Å². The smallest absolute Gasteiger partial charge is 0.460 e.